The van der Waals surface area contributed by atoms with Gasteiger partial charge in [-0.1, -0.05) is 82.8 Å². The summed E-state index contributed by atoms with van der Waals surface area (Å²) < 4.78 is 16.0. The highest BCUT2D eigenvalue weighted by Gasteiger charge is 2.26. The number of amides is 1. The van der Waals surface area contributed by atoms with Crippen LogP contribution in [0.3, 0.4) is 0 Å². The number of aryl methyl sites for hydroxylation is 1. The van der Waals surface area contributed by atoms with Gasteiger partial charge in [-0.3, -0.25) is 14.4 Å². The van der Waals surface area contributed by atoms with Crippen LogP contribution in [-0.4, -0.2) is 50.7 Å². The van der Waals surface area contributed by atoms with Gasteiger partial charge in [0, 0.05) is 53.6 Å². The van der Waals surface area contributed by atoms with Crippen molar-refractivity contribution in [2.24, 2.45) is 0 Å². The Labute approximate surface area is 470 Å². The van der Waals surface area contributed by atoms with Crippen LogP contribution in [0.2, 0.25) is 20.1 Å². The number of hydrogen-bond acceptors (Lipinski definition) is 12. The fourth-order valence-corrected chi connectivity index (χ4v) is 11.2. The second-order valence-electron chi connectivity index (χ2n) is 16.4. The molecular weight excluding hydrogens is 1130 g/mol. The summed E-state index contributed by atoms with van der Waals surface area (Å²) in [4.78, 5) is 74.1. The third-order valence-corrected chi connectivity index (χ3v) is 15.4. The van der Waals surface area contributed by atoms with Gasteiger partial charge in [0.05, 0.1) is 28.0 Å². The van der Waals surface area contributed by atoms with Crippen molar-refractivity contribution >= 4 is 121 Å². The Hall–Kier alpha value is -7.80. The number of aromatic carboxylic acids is 3. The van der Waals surface area contributed by atoms with Gasteiger partial charge in [-0.05, 0) is 143 Å². The fraction of sp³-hybridized carbons (Fsp3) is 0.0526. The summed E-state index contributed by atoms with van der Waals surface area (Å²) >= 11 is 27.4. The Kier molecular flexibility index (Phi) is 17.9. The summed E-state index contributed by atoms with van der Waals surface area (Å²) in [6, 6.07) is 37.5. The molecule has 4 aromatic carbocycles. The minimum atomic E-state index is -1.12. The summed E-state index contributed by atoms with van der Waals surface area (Å²) in [5.41, 5.74) is 4.49. The Morgan fingerprint density at radius 1 is 0.468 bits per heavy atom. The maximum atomic E-state index is 12.8. The summed E-state index contributed by atoms with van der Waals surface area (Å²) in [6.07, 6.45) is 1.29. The SMILES string of the molecule is Cc1ccc(C(=O)Cc2csc(-c3ccc(Cl)cc3)c2C(=O)O)o1.O=C(Cc1csc(-c2ccc(Cl)cc2)c1C(=O)O)c1ccc(-c2ccc(Cl)cc2)o1.O=C(Nc1csc(-c2ccc(Cl)cc2)c1C(=O)O)c1ccco1. The van der Waals surface area contributed by atoms with E-state index in [0.29, 0.717) is 57.4 Å². The van der Waals surface area contributed by atoms with E-state index in [1.807, 2.05) is 0 Å². The summed E-state index contributed by atoms with van der Waals surface area (Å²) in [7, 11) is 0. The molecule has 0 aliphatic rings. The summed E-state index contributed by atoms with van der Waals surface area (Å²) in [5.74, 6) is -2.58. The third-order valence-electron chi connectivity index (χ3n) is 11.2. The number of carboxylic acids is 3. The van der Waals surface area contributed by atoms with Crippen molar-refractivity contribution in [1.82, 2.24) is 0 Å². The normalized spacial score (nSPS) is 10.7. The van der Waals surface area contributed by atoms with Gasteiger partial charge in [0.1, 0.15) is 17.1 Å². The first-order valence-electron chi connectivity index (χ1n) is 22.6. The minimum Gasteiger partial charge on any atom is -0.478 e. The van der Waals surface area contributed by atoms with E-state index in [2.05, 4.69) is 5.32 Å². The lowest BCUT2D eigenvalue weighted by molar-refractivity contribution is 0.0685. The Morgan fingerprint density at radius 2 is 0.870 bits per heavy atom. The molecule has 0 bridgehead atoms. The number of nitrogens with one attached hydrogen (secondary N) is 1. The molecule has 77 heavy (non-hydrogen) atoms. The Balaban J connectivity index is 0.000000155. The molecule has 6 aromatic heterocycles. The average Bonchev–Trinajstić information content (AvgIpc) is 4.28. The molecule has 0 atom stereocenters. The van der Waals surface area contributed by atoms with Crippen LogP contribution in [0.25, 0.3) is 42.6 Å². The van der Waals surface area contributed by atoms with Gasteiger partial charge in [-0.25, -0.2) is 14.4 Å². The largest absolute Gasteiger partial charge is 0.478 e. The molecule has 0 fully saturated rings. The molecule has 13 nitrogen and oxygen atoms in total. The zero-order valence-electron chi connectivity index (χ0n) is 39.7. The van der Waals surface area contributed by atoms with E-state index >= 15 is 0 Å². The predicted molar refractivity (Wildman–Crippen MR) is 301 cm³/mol. The monoisotopic (exact) mass is 1160 g/mol. The number of furan rings is 3. The quantitative estimate of drug-likeness (QED) is 0.0706. The van der Waals surface area contributed by atoms with E-state index < -0.39 is 23.8 Å². The maximum absolute atomic E-state index is 12.8. The average molecular weight is 1170 g/mol. The molecule has 0 unspecified atom stereocenters. The number of benzene rings is 4. The minimum absolute atomic E-state index is 0.0152. The van der Waals surface area contributed by atoms with Crippen molar-refractivity contribution in [1.29, 1.82) is 0 Å². The zero-order chi connectivity index (χ0) is 54.9. The number of rotatable bonds is 15. The molecule has 0 aliphatic carbocycles. The molecule has 10 rings (SSSR count). The van der Waals surface area contributed by atoms with Crippen molar-refractivity contribution in [3.05, 3.63) is 227 Å². The molecule has 388 valence electrons. The van der Waals surface area contributed by atoms with Crippen LogP contribution in [0.15, 0.2) is 169 Å². The maximum Gasteiger partial charge on any atom is 0.339 e. The lowest BCUT2D eigenvalue weighted by Crippen LogP contribution is -2.13. The Morgan fingerprint density at radius 3 is 1.27 bits per heavy atom. The molecule has 10 aromatic rings. The molecular formula is C57H37Cl4NO12S3. The van der Waals surface area contributed by atoms with Crippen LogP contribution >= 0.6 is 80.4 Å². The molecule has 0 saturated carbocycles. The number of carbonyl (C=O) groups is 6. The first-order valence-corrected chi connectivity index (χ1v) is 26.7. The number of halogens is 4. The second kappa shape index (κ2) is 24.9. The van der Waals surface area contributed by atoms with Crippen LogP contribution < -0.4 is 5.32 Å². The van der Waals surface area contributed by atoms with Crippen molar-refractivity contribution in [2.75, 3.05) is 5.32 Å². The first kappa shape index (κ1) is 55.4. The molecule has 4 N–H and O–H groups in total. The lowest BCUT2D eigenvalue weighted by atomic mass is 10.0. The topological polar surface area (TPSA) is 215 Å². The number of carbonyl (C=O) groups excluding carboxylic acids is 3. The third kappa shape index (κ3) is 13.6. The molecule has 0 saturated heterocycles. The number of Topliss-reactive ketones (excluding diaryl/α,β-unsaturated/α-hetero) is 2. The van der Waals surface area contributed by atoms with E-state index in [1.165, 1.54) is 46.3 Å². The van der Waals surface area contributed by atoms with Gasteiger partial charge in [-0.2, -0.15) is 0 Å². The second-order valence-corrected chi connectivity index (χ2v) is 20.8. The number of ketones is 2. The van der Waals surface area contributed by atoms with E-state index in [9.17, 15) is 44.1 Å². The van der Waals surface area contributed by atoms with Crippen LogP contribution in [0.1, 0.15) is 79.6 Å². The number of carboxylic acid groups (broad SMARTS) is 3. The Bertz CT molecular complexity index is 3760. The predicted octanol–water partition coefficient (Wildman–Crippen LogP) is 16.8. The highest BCUT2D eigenvalue weighted by atomic mass is 35.5. The van der Waals surface area contributed by atoms with Crippen molar-refractivity contribution in [3.63, 3.8) is 0 Å². The van der Waals surface area contributed by atoms with Crippen LogP contribution in [-0.2, 0) is 12.8 Å². The summed E-state index contributed by atoms with van der Waals surface area (Å²) in [6.45, 7) is 1.75. The van der Waals surface area contributed by atoms with E-state index in [-0.39, 0.29) is 64.1 Å². The molecule has 1 amide bonds. The smallest absolute Gasteiger partial charge is 0.339 e. The fourth-order valence-electron chi connectivity index (χ4n) is 7.57. The van der Waals surface area contributed by atoms with Gasteiger partial charge in [0.2, 0.25) is 11.6 Å². The van der Waals surface area contributed by atoms with Gasteiger partial charge >= 0.3 is 17.9 Å². The highest BCUT2D eigenvalue weighted by molar-refractivity contribution is 7.15. The van der Waals surface area contributed by atoms with Gasteiger partial charge in [-0.15, -0.1) is 34.0 Å². The number of anilines is 1. The molecule has 6 heterocycles. The van der Waals surface area contributed by atoms with E-state index in [0.717, 1.165) is 22.3 Å². The van der Waals surface area contributed by atoms with Crippen LogP contribution in [0.5, 0.6) is 0 Å². The van der Waals surface area contributed by atoms with Gasteiger partial charge in [0.25, 0.3) is 5.91 Å². The number of thiophene rings is 3. The highest BCUT2D eigenvalue weighted by Crippen LogP contribution is 2.38. The standard InChI is InChI=1S/C23H14Cl2O4S.C18H13ClO4S.C16H10ClNO4S/c24-16-5-1-13(2-6-16)19-9-10-20(29-19)18(26)11-15-12-30-22(21(15)23(27)28)14-3-7-17(25)8-4-14;1-10-2-7-15(23-10)14(20)8-12-9-24-17(16(12)18(21)22)11-3-5-13(19)6-4-11;17-10-5-3-9(4-6-10)14-13(16(20)21)11(8-23-14)18-15(19)12-2-1-7-22-12/h1-10,12H,11H2,(H,27,28);2-7,9H,8H2,1H3,(H,21,22);1-8H,(H,18,19)(H,20,21). The van der Waals surface area contributed by atoms with E-state index in [1.54, 1.807) is 150 Å². The van der Waals surface area contributed by atoms with Gasteiger partial charge < -0.3 is 33.9 Å². The molecule has 20 heteroatoms. The first-order chi connectivity index (χ1) is 36.9. The van der Waals surface area contributed by atoms with Gasteiger partial charge in [0.15, 0.2) is 17.3 Å². The van der Waals surface area contributed by atoms with Crippen molar-refractivity contribution in [2.45, 2.75) is 19.8 Å². The molecule has 0 radical (unpaired) electrons. The van der Waals surface area contributed by atoms with Crippen molar-refractivity contribution in [3.8, 4) is 42.6 Å². The number of hydrogen-bond donors (Lipinski definition) is 4. The van der Waals surface area contributed by atoms with Crippen LogP contribution in [0, 0.1) is 6.92 Å². The lowest BCUT2D eigenvalue weighted by Gasteiger charge is -2.05. The van der Waals surface area contributed by atoms with Crippen LogP contribution in [0.4, 0.5) is 5.69 Å². The molecule has 0 spiro atoms. The van der Waals surface area contributed by atoms with Crippen molar-refractivity contribution < 1.29 is 57.3 Å². The summed E-state index contributed by atoms with van der Waals surface area (Å²) in [5, 5.41) is 38.7. The molecule has 0 aliphatic heterocycles. The van der Waals surface area contributed by atoms with E-state index in [4.69, 9.17) is 59.7 Å². The zero-order valence-corrected chi connectivity index (χ0v) is 45.2.